The third-order valence-electron chi connectivity index (χ3n) is 2.29. The lowest BCUT2D eigenvalue weighted by Gasteiger charge is -2.03. The molecule has 0 aromatic carbocycles. The molecular formula is C11H13N5O2. The van der Waals surface area contributed by atoms with E-state index in [-0.39, 0.29) is 5.91 Å². The molecule has 0 saturated heterocycles. The Balaban J connectivity index is 1.96. The number of rotatable bonds is 4. The van der Waals surface area contributed by atoms with Crippen molar-refractivity contribution in [1.29, 1.82) is 0 Å². The molecule has 0 fully saturated rings. The molecule has 0 atom stereocenters. The van der Waals surface area contributed by atoms with Crippen LogP contribution in [0, 0.1) is 0 Å². The molecule has 0 radical (unpaired) electrons. The Morgan fingerprint density at radius 3 is 2.89 bits per heavy atom. The molecule has 0 bridgehead atoms. The Kier molecular flexibility index (Phi) is 3.54. The number of nitrogens with two attached hydrogens (primary N) is 1. The highest BCUT2D eigenvalue weighted by Gasteiger charge is 2.04. The first-order chi connectivity index (χ1) is 8.69. The quantitative estimate of drug-likeness (QED) is 0.450. The van der Waals surface area contributed by atoms with Crippen molar-refractivity contribution in [3.63, 3.8) is 0 Å². The molecule has 0 spiro atoms. The molecule has 3 N–H and O–H groups in total. The summed E-state index contributed by atoms with van der Waals surface area (Å²) in [5.74, 6) is 5.31. The Morgan fingerprint density at radius 2 is 2.33 bits per heavy atom. The normalized spacial score (nSPS) is 10.1. The molecule has 2 rings (SSSR count). The topological polar surface area (TPSA) is 95.1 Å². The zero-order chi connectivity index (χ0) is 13.0. The number of hydrogen-bond acceptors (Lipinski definition) is 5. The third kappa shape index (κ3) is 2.83. The van der Waals surface area contributed by atoms with Crippen LogP contribution in [-0.4, -0.2) is 20.7 Å². The highest BCUT2D eigenvalue weighted by Crippen LogP contribution is 2.09. The average Bonchev–Trinajstić information content (AvgIpc) is 2.82. The van der Waals surface area contributed by atoms with Crippen molar-refractivity contribution in [2.45, 2.75) is 6.61 Å². The first kappa shape index (κ1) is 12.1. The number of nitrogen functional groups attached to an aromatic ring is 1. The lowest BCUT2D eigenvalue weighted by atomic mass is 10.2. The molecule has 0 aliphatic carbocycles. The van der Waals surface area contributed by atoms with E-state index in [0.29, 0.717) is 23.6 Å². The van der Waals surface area contributed by atoms with Gasteiger partial charge in [0, 0.05) is 13.2 Å². The maximum atomic E-state index is 11.2. The van der Waals surface area contributed by atoms with Crippen LogP contribution >= 0.6 is 0 Å². The van der Waals surface area contributed by atoms with E-state index in [4.69, 9.17) is 10.6 Å². The number of aromatic nitrogens is 3. The summed E-state index contributed by atoms with van der Waals surface area (Å²) < 4.78 is 7.12. The van der Waals surface area contributed by atoms with Crippen LogP contribution in [0.5, 0.6) is 5.75 Å². The van der Waals surface area contributed by atoms with Crippen molar-refractivity contribution in [2.24, 2.45) is 12.9 Å². The van der Waals surface area contributed by atoms with E-state index in [0.717, 1.165) is 0 Å². The van der Waals surface area contributed by atoms with Gasteiger partial charge in [-0.15, -0.1) is 0 Å². The van der Waals surface area contributed by atoms with Gasteiger partial charge in [0.2, 0.25) is 0 Å². The molecule has 7 heteroatoms. The molecule has 0 aliphatic heterocycles. The number of nitrogens with one attached hydrogen (secondary N) is 1. The summed E-state index contributed by atoms with van der Waals surface area (Å²) in [7, 11) is 1.81. The van der Waals surface area contributed by atoms with Gasteiger partial charge in [0.25, 0.3) is 5.91 Å². The number of hydrazine groups is 1. The second-order valence-corrected chi connectivity index (χ2v) is 3.65. The van der Waals surface area contributed by atoms with Crippen LogP contribution in [-0.2, 0) is 13.7 Å². The number of nitrogens with zero attached hydrogens (tertiary/aromatic N) is 3. The Morgan fingerprint density at radius 1 is 1.50 bits per heavy atom. The Hall–Kier alpha value is -2.41. The van der Waals surface area contributed by atoms with E-state index >= 15 is 0 Å². The van der Waals surface area contributed by atoms with E-state index in [9.17, 15) is 4.79 Å². The van der Waals surface area contributed by atoms with E-state index in [1.54, 1.807) is 29.2 Å². The van der Waals surface area contributed by atoms with E-state index < -0.39 is 0 Å². The summed E-state index contributed by atoms with van der Waals surface area (Å²) in [4.78, 5) is 15.3. The molecule has 2 aromatic heterocycles. The number of pyridine rings is 1. The van der Waals surface area contributed by atoms with Crippen molar-refractivity contribution in [3.8, 4) is 5.75 Å². The summed E-state index contributed by atoms with van der Waals surface area (Å²) in [6, 6.07) is 3.35. The SMILES string of the molecule is Cn1cc(OCc2ccc(C(=O)NN)cn2)cn1. The fourth-order valence-electron chi connectivity index (χ4n) is 1.36. The van der Waals surface area contributed by atoms with Gasteiger partial charge in [0.15, 0.2) is 5.75 Å². The number of carbonyl (C=O) groups is 1. The molecule has 0 unspecified atom stereocenters. The van der Waals surface area contributed by atoms with Gasteiger partial charge in [-0.1, -0.05) is 0 Å². The summed E-state index contributed by atoms with van der Waals surface area (Å²) >= 11 is 0. The van der Waals surface area contributed by atoms with Crippen molar-refractivity contribution in [3.05, 3.63) is 42.0 Å². The van der Waals surface area contributed by atoms with Crippen LogP contribution in [0.1, 0.15) is 16.1 Å². The van der Waals surface area contributed by atoms with E-state index in [1.165, 1.54) is 6.20 Å². The second-order valence-electron chi connectivity index (χ2n) is 3.65. The maximum absolute atomic E-state index is 11.2. The lowest BCUT2D eigenvalue weighted by molar-refractivity contribution is 0.0953. The first-order valence-corrected chi connectivity index (χ1v) is 5.26. The van der Waals surface area contributed by atoms with Gasteiger partial charge in [0.1, 0.15) is 6.61 Å². The molecule has 1 amide bonds. The number of amides is 1. The zero-order valence-corrected chi connectivity index (χ0v) is 9.83. The van der Waals surface area contributed by atoms with Crippen LogP contribution in [0.4, 0.5) is 0 Å². The monoisotopic (exact) mass is 247 g/mol. The van der Waals surface area contributed by atoms with Crippen molar-refractivity contribution in [2.75, 3.05) is 0 Å². The minimum Gasteiger partial charge on any atom is -0.484 e. The number of aryl methyl sites for hydroxylation is 1. The van der Waals surface area contributed by atoms with Gasteiger partial charge in [0.05, 0.1) is 23.7 Å². The van der Waals surface area contributed by atoms with Gasteiger partial charge in [-0.2, -0.15) is 5.10 Å². The van der Waals surface area contributed by atoms with Crippen LogP contribution in [0.2, 0.25) is 0 Å². The molecule has 2 heterocycles. The van der Waals surface area contributed by atoms with Crippen LogP contribution in [0.25, 0.3) is 0 Å². The van der Waals surface area contributed by atoms with Crippen molar-refractivity contribution >= 4 is 5.91 Å². The smallest absolute Gasteiger partial charge is 0.266 e. The highest BCUT2D eigenvalue weighted by molar-refractivity contribution is 5.93. The zero-order valence-electron chi connectivity index (χ0n) is 9.83. The summed E-state index contributed by atoms with van der Waals surface area (Å²) in [5.41, 5.74) is 3.16. The average molecular weight is 247 g/mol. The largest absolute Gasteiger partial charge is 0.484 e. The van der Waals surface area contributed by atoms with E-state index in [2.05, 4.69) is 10.1 Å². The van der Waals surface area contributed by atoms with Crippen molar-refractivity contribution in [1.82, 2.24) is 20.2 Å². The molecule has 94 valence electrons. The third-order valence-corrected chi connectivity index (χ3v) is 2.29. The summed E-state index contributed by atoms with van der Waals surface area (Å²) in [5, 5.41) is 3.98. The van der Waals surface area contributed by atoms with Crippen molar-refractivity contribution < 1.29 is 9.53 Å². The van der Waals surface area contributed by atoms with Gasteiger partial charge in [-0.3, -0.25) is 19.9 Å². The van der Waals surface area contributed by atoms with Crippen LogP contribution in [0.3, 0.4) is 0 Å². The van der Waals surface area contributed by atoms with E-state index in [1.807, 2.05) is 12.5 Å². The fraction of sp³-hybridized carbons (Fsp3) is 0.182. The van der Waals surface area contributed by atoms with Crippen LogP contribution < -0.4 is 16.0 Å². The van der Waals surface area contributed by atoms with Gasteiger partial charge in [-0.05, 0) is 12.1 Å². The molecular weight excluding hydrogens is 234 g/mol. The van der Waals surface area contributed by atoms with Crippen LogP contribution in [0.15, 0.2) is 30.7 Å². The first-order valence-electron chi connectivity index (χ1n) is 5.26. The number of carbonyl (C=O) groups excluding carboxylic acids is 1. The predicted octanol–water partition coefficient (Wildman–Crippen LogP) is -0.00240. The minimum absolute atomic E-state index is 0.316. The Bertz CT molecular complexity index is 535. The molecule has 0 saturated carbocycles. The second kappa shape index (κ2) is 5.28. The molecule has 18 heavy (non-hydrogen) atoms. The maximum Gasteiger partial charge on any atom is 0.266 e. The number of hydrogen-bond donors (Lipinski definition) is 2. The number of ether oxygens (including phenoxy) is 1. The molecule has 2 aromatic rings. The van der Waals surface area contributed by atoms with Gasteiger partial charge < -0.3 is 4.74 Å². The molecule has 0 aliphatic rings. The summed E-state index contributed by atoms with van der Waals surface area (Å²) in [6.07, 6.45) is 4.83. The highest BCUT2D eigenvalue weighted by atomic mass is 16.5. The lowest BCUT2D eigenvalue weighted by Crippen LogP contribution is -2.30. The minimum atomic E-state index is -0.373. The predicted molar refractivity (Wildman–Crippen MR) is 63.4 cm³/mol. The molecule has 7 nitrogen and oxygen atoms in total. The summed E-state index contributed by atoms with van der Waals surface area (Å²) in [6.45, 7) is 0.316. The van der Waals surface area contributed by atoms with Gasteiger partial charge in [-0.25, -0.2) is 5.84 Å². The fourth-order valence-corrected chi connectivity index (χ4v) is 1.36. The Labute approximate surface area is 104 Å². The van der Waals surface area contributed by atoms with Gasteiger partial charge >= 0.3 is 0 Å². The standard InChI is InChI=1S/C11H13N5O2/c1-16-6-10(5-14-16)18-7-9-3-2-8(4-13-9)11(17)15-12/h2-6H,7,12H2,1H3,(H,15,17).